The van der Waals surface area contributed by atoms with Crippen LogP contribution in [0.3, 0.4) is 0 Å². The van der Waals surface area contributed by atoms with Crippen LogP contribution in [0.1, 0.15) is 52.6 Å². The Labute approximate surface area is 270 Å². The zero-order valence-electron chi connectivity index (χ0n) is 24.7. The van der Waals surface area contributed by atoms with Gasteiger partial charge in [-0.05, 0) is 84.9 Å². The molecule has 0 spiro atoms. The van der Waals surface area contributed by atoms with Crippen molar-refractivity contribution in [1.29, 1.82) is 0 Å². The number of nitro benzene ring substituents is 1. The molecule has 230 valence electrons. The van der Waals surface area contributed by atoms with Gasteiger partial charge in [-0.2, -0.15) is 0 Å². The monoisotopic (exact) mass is 651 g/mol. The first kappa shape index (κ1) is 32.1. The number of hydrogen-bond acceptors (Lipinski definition) is 5. The van der Waals surface area contributed by atoms with Crippen molar-refractivity contribution in [2.24, 2.45) is 0 Å². The number of likely N-dealkylation sites (tertiary alicyclic amines) is 1. The lowest BCUT2D eigenvalue weighted by Crippen LogP contribution is -2.36. The van der Waals surface area contributed by atoms with Crippen LogP contribution < -0.4 is 0 Å². The molecular formula is C34H35Cl2N3O4S. The summed E-state index contributed by atoms with van der Waals surface area (Å²) in [6, 6.07) is 23.7. The number of non-ortho nitro benzene ring substituents is 1. The van der Waals surface area contributed by atoms with Crippen molar-refractivity contribution in [1.82, 2.24) is 9.80 Å². The number of fused-ring (bicyclic) bond motifs is 1. The molecule has 4 aromatic rings. The highest BCUT2D eigenvalue weighted by Crippen LogP contribution is 2.34. The second-order valence-electron chi connectivity index (χ2n) is 11.4. The number of carbonyl (C=O) groups is 1. The third-order valence-electron chi connectivity index (χ3n) is 8.59. The van der Waals surface area contributed by atoms with Crippen molar-refractivity contribution in [3.05, 3.63) is 116 Å². The first-order valence-corrected chi connectivity index (χ1v) is 17.0. The predicted octanol–water partition coefficient (Wildman–Crippen LogP) is 7.92. The number of rotatable bonds is 10. The maximum absolute atomic E-state index is 13.8. The van der Waals surface area contributed by atoms with Gasteiger partial charge in [0.05, 0.1) is 31.3 Å². The molecular weight excluding hydrogens is 617 g/mol. The maximum atomic E-state index is 13.8. The maximum Gasteiger partial charge on any atom is 0.270 e. The SMILES string of the molecule is CN(C[C@@H](CCN1CCC(c2ccccc2[S@](C)=O)CC1)c1ccc(Cl)c(Cl)c1)C(=O)c1cc([N+](=O)[O-])cc2ccccc12. The lowest BCUT2D eigenvalue weighted by molar-refractivity contribution is -0.384. The molecule has 5 rings (SSSR count). The Kier molecular flexibility index (Phi) is 10.4. The second kappa shape index (κ2) is 14.2. The van der Waals surface area contributed by atoms with Gasteiger partial charge < -0.3 is 9.80 Å². The zero-order chi connectivity index (χ0) is 31.4. The molecule has 0 unspecified atom stereocenters. The highest BCUT2D eigenvalue weighted by molar-refractivity contribution is 7.84. The molecule has 0 radical (unpaired) electrons. The molecule has 1 heterocycles. The fraction of sp³-hybridized carbons (Fsp3) is 0.324. The molecule has 1 saturated heterocycles. The van der Waals surface area contributed by atoms with Crippen LogP contribution in [0.15, 0.2) is 83.8 Å². The minimum Gasteiger partial charge on any atom is -0.341 e. The van der Waals surface area contributed by atoms with E-state index in [-0.39, 0.29) is 17.5 Å². The standard InChI is InChI=1S/C34H35Cl2N3O4S/c1-37(34(40)30-21-27(39(41)42)19-25-7-3-4-8-28(25)30)22-26(24-11-12-31(35)32(36)20-24)15-18-38-16-13-23(14-17-38)29-9-5-6-10-33(29)44(2)43/h3-12,19-21,23,26H,13-18,22H2,1-2H3/t26-,44+/m1/s1. The lowest BCUT2D eigenvalue weighted by Gasteiger charge is -2.34. The molecule has 0 aliphatic carbocycles. The van der Waals surface area contributed by atoms with Crippen molar-refractivity contribution >= 4 is 56.4 Å². The van der Waals surface area contributed by atoms with E-state index in [2.05, 4.69) is 11.0 Å². The molecule has 1 aliphatic heterocycles. The Morgan fingerprint density at radius 1 is 1.02 bits per heavy atom. The molecule has 0 saturated carbocycles. The van der Waals surface area contributed by atoms with Crippen molar-refractivity contribution in [2.75, 3.05) is 39.5 Å². The van der Waals surface area contributed by atoms with Gasteiger partial charge in [-0.15, -0.1) is 0 Å². The molecule has 0 bridgehead atoms. The van der Waals surface area contributed by atoms with E-state index in [4.69, 9.17) is 23.2 Å². The Bertz CT molecular complexity index is 1710. The number of carbonyl (C=O) groups excluding carboxylic acids is 1. The van der Waals surface area contributed by atoms with Gasteiger partial charge in [0.25, 0.3) is 11.6 Å². The van der Waals surface area contributed by atoms with E-state index in [1.165, 1.54) is 17.7 Å². The van der Waals surface area contributed by atoms with E-state index in [1.807, 2.05) is 42.5 Å². The number of amides is 1. The fourth-order valence-electron chi connectivity index (χ4n) is 6.21. The Morgan fingerprint density at radius 3 is 2.43 bits per heavy atom. The molecule has 44 heavy (non-hydrogen) atoms. The normalized spacial score (nSPS) is 15.6. The van der Waals surface area contributed by atoms with E-state index in [0.29, 0.717) is 38.8 Å². The van der Waals surface area contributed by atoms with Gasteiger partial charge in [-0.1, -0.05) is 71.7 Å². The van der Waals surface area contributed by atoms with Gasteiger partial charge in [-0.25, -0.2) is 0 Å². The molecule has 2 atom stereocenters. The van der Waals surface area contributed by atoms with E-state index in [0.717, 1.165) is 49.4 Å². The molecule has 1 aliphatic rings. The highest BCUT2D eigenvalue weighted by atomic mass is 35.5. The number of nitro groups is 1. The Hall–Kier alpha value is -3.30. The van der Waals surface area contributed by atoms with E-state index >= 15 is 0 Å². The molecule has 10 heteroatoms. The van der Waals surface area contributed by atoms with E-state index in [1.54, 1.807) is 36.4 Å². The molecule has 0 aromatic heterocycles. The zero-order valence-corrected chi connectivity index (χ0v) is 27.1. The molecule has 1 amide bonds. The lowest BCUT2D eigenvalue weighted by atomic mass is 9.88. The van der Waals surface area contributed by atoms with Crippen LogP contribution in [0.5, 0.6) is 0 Å². The topological polar surface area (TPSA) is 83.8 Å². The van der Waals surface area contributed by atoms with Gasteiger partial charge >= 0.3 is 0 Å². The van der Waals surface area contributed by atoms with Crippen LogP contribution in [-0.2, 0) is 10.8 Å². The highest BCUT2D eigenvalue weighted by Gasteiger charge is 2.26. The number of piperidine rings is 1. The summed E-state index contributed by atoms with van der Waals surface area (Å²) in [7, 11) is 0.717. The molecule has 0 N–H and O–H groups in total. The van der Waals surface area contributed by atoms with Crippen LogP contribution in [0.25, 0.3) is 10.8 Å². The minimum atomic E-state index is -1.02. The average Bonchev–Trinajstić information content (AvgIpc) is 3.03. The van der Waals surface area contributed by atoms with Gasteiger partial charge in [0.15, 0.2) is 0 Å². The summed E-state index contributed by atoms with van der Waals surface area (Å²) >= 11 is 12.6. The Morgan fingerprint density at radius 2 is 1.73 bits per heavy atom. The summed E-state index contributed by atoms with van der Waals surface area (Å²) < 4.78 is 12.3. The van der Waals surface area contributed by atoms with E-state index < -0.39 is 15.7 Å². The van der Waals surface area contributed by atoms with Crippen molar-refractivity contribution in [2.45, 2.75) is 36.0 Å². The summed E-state index contributed by atoms with van der Waals surface area (Å²) in [5, 5.41) is 13.9. The summed E-state index contributed by atoms with van der Waals surface area (Å²) in [5.41, 5.74) is 2.37. The van der Waals surface area contributed by atoms with E-state index in [9.17, 15) is 19.1 Å². The average molecular weight is 653 g/mol. The largest absolute Gasteiger partial charge is 0.341 e. The summed E-state index contributed by atoms with van der Waals surface area (Å²) in [6.07, 6.45) is 4.50. The summed E-state index contributed by atoms with van der Waals surface area (Å²) in [4.78, 5) is 30.0. The van der Waals surface area contributed by atoms with Gasteiger partial charge in [0, 0.05) is 42.8 Å². The van der Waals surface area contributed by atoms with Gasteiger partial charge in [-0.3, -0.25) is 19.1 Å². The van der Waals surface area contributed by atoms with Crippen LogP contribution in [0.4, 0.5) is 5.69 Å². The van der Waals surface area contributed by atoms with Crippen molar-refractivity contribution < 1.29 is 13.9 Å². The fourth-order valence-corrected chi connectivity index (χ4v) is 7.35. The first-order chi connectivity index (χ1) is 21.1. The van der Waals surface area contributed by atoms with Crippen molar-refractivity contribution in [3.8, 4) is 0 Å². The van der Waals surface area contributed by atoms with Crippen LogP contribution in [0.2, 0.25) is 10.0 Å². The van der Waals surface area contributed by atoms with Crippen LogP contribution in [-0.4, -0.2) is 64.3 Å². The number of halogens is 2. The quantitative estimate of drug-likeness (QED) is 0.128. The van der Waals surface area contributed by atoms with Crippen molar-refractivity contribution in [3.63, 3.8) is 0 Å². The first-order valence-electron chi connectivity index (χ1n) is 14.6. The minimum absolute atomic E-state index is 0.0374. The summed E-state index contributed by atoms with van der Waals surface area (Å²) in [6.45, 7) is 3.09. The smallest absolute Gasteiger partial charge is 0.270 e. The number of benzene rings is 4. The number of likely N-dealkylation sites (N-methyl/N-ethyl adjacent to an activating group) is 1. The molecule has 4 aromatic carbocycles. The third-order valence-corrected chi connectivity index (χ3v) is 10.3. The Balaban J connectivity index is 1.32. The summed E-state index contributed by atoms with van der Waals surface area (Å²) in [5.74, 6) is 0.0677. The third kappa shape index (κ3) is 7.32. The van der Waals surface area contributed by atoms with Gasteiger partial charge in [0.2, 0.25) is 0 Å². The number of hydrogen-bond donors (Lipinski definition) is 0. The second-order valence-corrected chi connectivity index (χ2v) is 13.6. The molecule has 1 fully saturated rings. The predicted molar refractivity (Wildman–Crippen MR) is 179 cm³/mol. The van der Waals surface area contributed by atoms with Gasteiger partial charge in [0.1, 0.15) is 0 Å². The van der Waals surface area contributed by atoms with Crippen LogP contribution in [0, 0.1) is 10.1 Å². The molecule has 7 nitrogen and oxygen atoms in total. The van der Waals surface area contributed by atoms with Crippen LogP contribution >= 0.6 is 23.2 Å². The number of nitrogens with zero attached hydrogens (tertiary/aromatic N) is 3.